The number of para-hydroxylation sites is 2. The van der Waals surface area contributed by atoms with Gasteiger partial charge < -0.3 is 9.47 Å². The van der Waals surface area contributed by atoms with Crippen LogP contribution in [0.5, 0.6) is 11.5 Å². The van der Waals surface area contributed by atoms with Gasteiger partial charge in [0.25, 0.3) is 0 Å². The van der Waals surface area contributed by atoms with Gasteiger partial charge in [0, 0.05) is 6.42 Å². The number of carbonyl (C=O) groups is 1. The lowest BCUT2D eigenvalue weighted by Crippen LogP contribution is -2.00. The summed E-state index contributed by atoms with van der Waals surface area (Å²) in [7, 11) is 0. The summed E-state index contributed by atoms with van der Waals surface area (Å²) in [6.07, 6.45) is 0.432. The fourth-order valence-corrected chi connectivity index (χ4v) is 2.16. The summed E-state index contributed by atoms with van der Waals surface area (Å²) in [5, 5.41) is -0.273. The molecule has 3 nitrogen and oxygen atoms in total. The van der Waals surface area contributed by atoms with Gasteiger partial charge in [0.15, 0.2) is 11.5 Å². The van der Waals surface area contributed by atoms with Gasteiger partial charge in [-0.1, -0.05) is 79.7 Å². The average Bonchev–Trinajstić information content (AvgIpc) is 2.73. The second kappa shape index (κ2) is 11.8. The number of halogens is 1. The summed E-state index contributed by atoms with van der Waals surface area (Å²) in [5.41, 5.74) is 2.28. The zero-order valence-corrected chi connectivity index (χ0v) is 16.1. The number of hydrogen-bond donors (Lipinski definition) is 0. The number of ether oxygens (including phenoxy) is 2. The van der Waals surface area contributed by atoms with Gasteiger partial charge in [-0.25, -0.2) is 0 Å². The Morgan fingerprint density at radius 2 is 1.04 bits per heavy atom. The molecule has 0 fully saturated rings. The summed E-state index contributed by atoms with van der Waals surface area (Å²) < 4.78 is 11.8. The molecule has 0 spiro atoms. The minimum Gasteiger partial charge on any atom is -0.485 e. The first-order chi connectivity index (χ1) is 13.2. The highest BCUT2D eigenvalue weighted by atomic mass is 35.5. The first-order valence-electron chi connectivity index (χ1n) is 8.80. The zero-order chi connectivity index (χ0) is 19.3. The van der Waals surface area contributed by atoms with Crippen LogP contribution in [-0.2, 0) is 18.0 Å². The van der Waals surface area contributed by atoms with Gasteiger partial charge in [-0.05, 0) is 34.9 Å². The van der Waals surface area contributed by atoms with Crippen LogP contribution >= 0.6 is 11.6 Å². The van der Waals surface area contributed by atoms with E-state index in [1.807, 2.05) is 84.9 Å². The molecule has 0 aliphatic heterocycles. The van der Waals surface area contributed by atoms with Crippen molar-refractivity contribution in [2.24, 2.45) is 0 Å². The van der Waals surface area contributed by atoms with E-state index in [1.54, 1.807) is 6.92 Å². The van der Waals surface area contributed by atoms with Crippen molar-refractivity contribution < 1.29 is 14.3 Å². The molecule has 0 aromatic heterocycles. The van der Waals surface area contributed by atoms with E-state index in [-0.39, 0.29) is 5.24 Å². The highest BCUT2D eigenvalue weighted by molar-refractivity contribution is 6.63. The Hall–Kier alpha value is -2.78. The van der Waals surface area contributed by atoms with Gasteiger partial charge in [-0.3, -0.25) is 4.79 Å². The van der Waals surface area contributed by atoms with E-state index in [0.29, 0.717) is 19.6 Å². The predicted octanol–water partition coefficient (Wildman–Crippen LogP) is 6.01. The van der Waals surface area contributed by atoms with Gasteiger partial charge >= 0.3 is 0 Å². The number of carbonyl (C=O) groups excluding carboxylic acids is 1. The second-order valence-corrected chi connectivity index (χ2v) is 6.13. The molecular formula is C23H23ClO3. The molecule has 0 saturated carbocycles. The lowest BCUT2D eigenvalue weighted by atomic mass is 10.2. The van der Waals surface area contributed by atoms with Crippen LogP contribution in [0.4, 0.5) is 0 Å². The molecule has 27 heavy (non-hydrogen) atoms. The Kier molecular flexibility index (Phi) is 8.94. The average molecular weight is 383 g/mol. The molecule has 140 valence electrons. The molecule has 0 unspecified atom stereocenters. The standard InChI is InChI=1S/C20H18O2.C3H5ClO/c1-3-9-17(10-4-1)15-21-19-13-7-8-14-20(19)22-16-18-11-5-2-6-12-18;1-2-3(4)5/h1-14H,15-16H2;2H2,1H3. The van der Waals surface area contributed by atoms with E-state index >= 15 is 0 Å². The van der Waals surface area contributed by atoms with E-state index in [0.717, 1.165) is 22.6 Å². The number of rotatable bonds is 7. The minimum absolute atomic E-state index is 0.273. The number of benzene rings is 3. The maximum atomic E-state index is 9.58. The van der Waals surface area contributed by atoms with Gasteiger partial charge in [-0.2, -0.15) is 0 Å². The molecule has 0 bridgehead atoms. The fourth-order valence-electron chi connectivity index (χ4n) is 2.16. The Labute approximate surface area is 165 Å². The molecule has 0 aliphatic carbocycles. The summed E-state index contributed by atoms with van der Waals surface area (Å²) in [5.74, 6) is 1.53. The van der Waals surface area contributed by atoms with Crippen LogP contribution in [0.25, 0.3) is 0 Å². The lowest BCUT2D eigenvalue weighted by molar-refractivity contribution is -0.111. The molecule has 0 amide bonds. The largest absolute Gasteiger partial charge is 0.485 e. The second-order valence-electron chi connectivity index (χ2n) is 5.70. The predicted molar refractivity (Wildman–Crippen MR) is 109 cm³/mol. The van der Waals surface area contributed by atoms with Crippen LogP contribution < -0.4 is 9.47 Å². The fraction of sp³-hybridized carbons (Fsp3) is 0.174. The molecule has 0 atom stereocenters. The van der Waals surface area contributed by atoms with E-state index in [1.165, 1.54) is 0 Å². The van der Waals surface area contributed by atoms with E-state index in [9.17, 15) is 4.79 Å². The zero-order valence-electron chi connectivity index (χ0n) is 15.3. The smallest absolute Gasteiger partial charge is 0.221 e. The van der Waals surface area contributed by atoms with Crippen molar-refractivity contribution in [3.63, 3.8) is 0 Å². The van der Waals surface area contributed by atoms with Crippen molar-refractivity contribution >= 4 is 16.8 Å². The third-order valence-corrected chi connectivity index (χ3v) is 3.87. The van der Waals surface area contributed by atoms with Crippen molar-refractivity contribution in [3.8, 4) is 11.5 Å². The van der Waals surface area contributed by atoms with Gasteiger partial charge in [-0.15, -0.1) is 0 Å². The third-order valence-electron chi connectivity index (χ3n) is 3.60. The Bertz CT molecular complexity index is 742. The highest BCUT2D eigenvalue weighted by Crippen LogP contribution is 2.28. The van der Waals surface area contributed by atoms with Crippen LogP contribution in [0.1, 0.15) is 24.5 Å². The summed E-state index contributed by atoms with van der Waals surface area (Å²) in [4.78, 5) is 9.58. The highest BCUT2D eigenvalue weighted by Gasteiger charge is 2.05. The molecule has 0 N–H and O–H groups in total. The van der Waals surface area contributed by atoms with Gasteiger partial charge in [0.2, 0.25) is 5.24 Å². The Balaban J connectivity index is 0.000000465. The Morgan fingerprint density at radius 1 is 0.704 bits per heavy atom. The summed E-state index contributed by atoms with van der Waals surface area (Å²) >= 11 is 4.82. The van der Waals surface area contributed by atoms with E-state index in [4.69, 9.17) is 21.1 Å². The third kappa shape index (κ3) is 7.97. The van der Waals surface area contributed by atoms with Gasteiger partial charge in [0.05, 0.1) is 0 Å². The molecule has 3 aromatic rings. The summed E-state index contributed by atoms with van der Waals surface area (Å²) in [6.45, 7) is 2.79. The molecule has 3 rings (SSSR count). The monoisotopic (exact) mass is 382 g/mol. The lowest BCUT2D eigenvalue weighted by Gasteiger charge is -2.12. The van der Waals surface area contributed by atoms with Crippen LogP contribution in [0, 0.1) is 0 Å². The SMILES string of the molecule is CCC(=O)Cl.c1ccc(COc2ccccc2OCc2ccccc2)cc1. The van der Waals surface area contributed by atoms with Crippen molar-refractivity contribution in [2.75, 3.05) is 0 Å². The van der Waals surface area contributed by atoms with Crippen LogP contribution in [0.2, 0.25) is 0 Å². The molecule has 0 heterocycles. The van der Waals surface area contributed by atoms with E-state index in [2.05, 4.69) is 0 Å². The molecule has 0 aliphatic rings. The van der Waals surface area contributed by atoms with Crippen molar-refractivity contribution in [1.82, 2.24) is 0 Å². The first-order valence-corrected chi connectivity index (χ1v) is 9.17. The molecule has 0 saturated heterocycles. The molecule has 3 aromatic carbocycles. The molecule has 4 heteroatoms. The van der Waals surface area contributed by atoms with Gasteiger partial charge in [0.1, 0.15) is 13.2 Å². The Morgan fingerprint density at radius 3 is 1.37 bits per heavy atom. The van der Waals surface area contributed by atoms with Crippen molar-refractivity contribution in [2.45, 2.75) is 26.6 Å². The molecular weight excluding hydrogens is 360 g/mol. The summed E-state index contributed by atoms with van der Waals surface area (Å²) in [6, 6.07) is 28.0. The normalized spacial score (nSPS) is 9.70. The first kappa shape index (κ1) is 20.5. The van der Waals surface area contributed by atoms with Crippen molar-refractivity contribution in [3.05, 3.63) is 96.1 Å². The van der Waals surface area contributed by atoms with Crippen LogP contribution in [0.3, 0.4) is 0 Å². The maximum absolute atomic E-state index is 9.58. The van der Waals surface area contributed by atoms with Crippen LogP contribution in [-0.4, -0.2) is 5.24 Å². The van der Waals surface area contributed by atoms with Crippen molar-refractivity contribution in [1.29, 1.82) is 0 Å². The topological polar surface area (TPSA) is 35.5 Å². The van der Waals surface area contributed by atoms with E-state index < -0.39 is 0 Å². The maximum Gasteiger partial charge on any atom is 0.221 e. The quantitative estimate of drug-likeness (QED) is 0.469. The minimum atomic E-state index is -0.273. The molecule has 0 radical (unpaired) electrons. The van der Waals surface area contributed by atoms with Crippen LogP contribution in [0.15, 0.2) is 84.9 Å². The number of hydrogen-bond acceptors (Lipinski definition) is 3.